The molecule has 1 aliphatic heterocycles. The predicted octanol–water partition coefficient (Wildman–Crippen LogP) is -1.05. The molecule has 1 heterocycles. The lowest BCUT2D eigenvalue weighted by molar-refractivity contribution is 0.173. The largest absolute Gasteiger partial charge is 0.368 e. The van der Waals surface area contributed by atoms with Crippen LogP contribution in [0.25, 0.3) is 0 Å². The van der Waals surface area contributed by atoms with E-state index in [-0.39, 0.29) is 0 Å². The maximum absolute atomic E-state index is 5.62. The zero-order valence-corrected chi connectivity index (χ0v) is 7.82. The highest BCUT2D eigenvalue weighted by Crippen LogP contribution is 2.27. The van der Waals surface area contributed by atoms with E-state index in [1.807, 2.05) is 4.90 Å². The number of hydrazone groups is 1. The summed E-state index contributed by atoms with van der Waals surface area (Å²) in [7, 11) is 0. The van der Waals surface area contributed by atoms with Crippen LogP contribution in [-0.2, 0) is 0 Å². The van der Waals surface area contributed by atoms with Crippen molar-refractivity contribution >= 4 is 5.96 Å². The predicted molar refractivity (Wildman–Crippen MR) is 52.0 cm³/mol. The minimum Gasteiger partial charge on any atom is -0.368 e. The van der Waals surface area contributed by atoms with Crippen molar-refractivity contribution in [3.8, 4) is 0 Å². The summed E-state index contributed by atoms with van der Waals surface area (Å²) in [5.41, 5.74) is 5.62. The molecule has 74 valence electrons. The van der Waals surface area contributed by atoms with Gasteiger partial charge in [0.2, 0.25) is 5.96 Å². The van der Waals surface area contributed by atoms with E-state index < -0.39 is 0 Å². The molecule has 0 aromatic heterocycles. The van der Waals surface area contributed by atoms with Gasteiger partial charge < -0.3 is 16.5 Å². The average molecular weight is 183 g/mol. The first kappa shape index (κ1) is 8.62. The molecular weight excluding hydrogens is 166 g/mol. The number of nitrogens with two attached hydrogens (primary N) is 2. The molecule has 0 aromatic carbocycles. The van der Waals surface area contributed by atoms with Crippen molar-refractivity contribution in [2.45, 2.75) is 18.9 Å². The van der Waals surface area contributed by atoms with E-state index in [0.717, 1.165) is 32.2 Å². The molecule has 2 aliphatic rings. The molecule has 1 aliphatic carbocycles. The number of nitrogens with zero attached hydrogens (tertiary/aromatic N) is 3. The number of guanidine groups is 1. The van der Waals surface area contributed by atoms with Gasteiger partial charge in [0.15, 0.2) is 0 Å². The van der Waals surface area contributed by atoms with Crippen LogP contribution in [0.2, 0.25) is 0 Å². The van der Waals surface area contributed by atoms with E-state index in [2.05, 4.69) is 10.0 Å². The molecule has 2 fully saturated rings. The molecule has 0 amide bonds. The molecule has 0 atom stereocenters. The fourth-order valence-electron chi connectivity index (χ4n) is 1.84. The third kappa shape index (κ3) is 1.85. The molecule has 5 nitrogen and oxygen atoms in total. The molecule has 0 radical (unpaired) electrons. The van der Waals surface area contributed by atoms with Gasteiger partial charge in [-0.25, -0.2) is 0 Å². The van der Waals surface area contributed by atoms with Gasteiger partial charge >= 0.3 is 0 Å². The second kappa shape index (κ2) is 3.41. The minimum absolute atomic E-state index is 0.468. The van der Waals surface area contributed by atoms with Crippen molar-refractivity contribution in [3.05, 3.63) is 0 Å². The quantitative estimate of drug-likeness (QED) is 0.236. The molecule has 4 N–H and O–H groups in total. The summed E-state index contributed by atoms with van der Waals surface area (Å²) in [6.07, 6.45) is 2.75. The maximum Gasteiger partial charge on any atom is 0.213 e. The Labute approximate surface area is 78.3 Å². The average Bonchev–Trinajstić information content (AvgIpc) is 3.00. The van der Waals surface area contributed by atoms with E-state index in [9.17, 15) is 0 Å². The Morgan fingerprint density at radius 3 is 2.23 bits per heavy atom. The van der Waals surface area contributed by atoms with Crippen LogP contribution in [0, 0.1) is 0 Å². The van der Waals surface area contributed by atoms with Crippen LogP contribution in [0.1, 0.15) is 12.8 Å². The van der Waals surface area contributed by atoms with Crippen LogP contribution < -0.4 is 11.6 Å². The Hall–Kier alpha value is -0.970. The van der Waals surface area contributed by atoms with Crippen molar-refractivity contribution < 1.29 is 0 Å². The van der Waals surface area contributed by atoms with E-state index in [1.54, 1.807) is 0 Å². The molecule has 2 rings (SSSR count). The summed E-state index contributed by atoms with van der Waals surface area (Å²) in [6, 6.07) is 0.859. The van der Waals surface area contributed by atoms with Crippen molar-refractivity contribution in [3.63, 3.8) is 0 Å². The lowest BCUT2D eigenvalue weighted by Gasteiger charge is -2.35. The highest BCUT2D eigenvalue weighted by molar-refractivity contribution is 5.77. The van der Waals surface area contributed by atoms with Crippen LogP contribution in [0.4, 0.5) is 0 Å². The number of hydrogen-bond donors (Lipinski definition) is 2. The van der Waals surface area contributed by atoms with Gasteiger partial charge in [0.25, 0.3) is 0 Å². The first-order valence-corrected chi connectivity index (χ1v) is 4.83. The first-order valence-electron chi connectivity index (χ1n) is 4.83. The zero-order chi connectivity index (χ0) is 9.26. The minimum atomic E-state index is 0.468. The van der Waals surface area contributed by atoms with Crippen LogP contribution in [-0.4, -0.2) is 48.0 Å². The van der Waals surface area contributed by atoms with Gasteiger partial charge in [0.1, 0.15) is 0 Å². The molecule has 0 spiro atoms. The van der Waals surface area contributed by atoms with Gasteiger partial charge in [-0.1, -0.05) is 0 Å². The Morgan fingerprint density at radius 2 is 1.77 bits per heavy atom. The molecular formula is C8H17N5. The highest BCUT2D eigenvalue weighted by Gasteiger charge is 2.31. The van der Waals surface area contributed by atoms with E-state index in [0.29, 0.717) is 5.96 Å². The van der Waals surface area contributed by atoms with Gasteiger partial charge in [-0.05, 0) is 12.8 Å². The van der Waals surface area contributed by atoms with Crippen molar-refractivity contribution in [1.82, 2.24) is 9.80 Å². The first-order chi connectivity index (χ1) is 6.31. The fourth-order valence-corrected chi connectivity index (χ4v) is 1.84. The molecule has 0 unspecified atom stereocenters. The van der Waals surface area contributed by atoms with Gasteiger partial charge in [-0.15, -0.1) is 5.10 Å². The van der Waals surface area contributed by atoms with E-state index in [1.165, 1.54) is 12.8 Å². The zero-order valence-electron chi connectivity index (χ0n) is 7.82. The van der Waals surface area contributed by atoms with Gasteiger partial charge in [0.05, 0.1) is 0 Å². The van der Waals surface area contributed by atoms with Crippen LogP contribution in [0.5, 0.6) is 0 Å². The lowest BCUT2D eigenvalue weighted by atomic mass is 10.3. The third-order valence-electron chi connectivity index (χ3n) is 2.83. The van der Waals surface area contributed by atoms with Crippen molar-refractivity contribution in [1.29, 1.82) is 0 Å². The summed E-state index contributed by atoms with van der Waals surface area (Å²) in [4.78, 5) is 4.57. The summed E-state index contributed by atoms with van der Waals surface area (Å²) in [6.45, 7) is 4.12. The van der Waals surface area contributed by atoms with Gasteiger partial charge in [-0.3, -0.25) is 4.90 Å². The molecule has 1 saturated heterocycles. The van der Waals surface area contributed by atoms with Crippen molar-refractivity contribution in [2.24, 2.45) is 16.7 Å². The van der Waals surface area contributed by atoms with Gasteiger partial charge in [0, 0.05) is 32.2 Å². The summed E-state index contributed by atoms with van der Waals surface area (Å²) >= 11 is 0. The molecule has 1 saturated carbocycles. The van der Waals surface area contributed by atoms with E-state index in [4.69, 9.17) is 11.6 Å². The normalized spacial score (nSPS) is 26.5. The third-order valence-corrected chi connectivity index (χ3v) is 2.83. The molecule has 0 bridgehead atoms. The Kier molecular flexibility index (Phi) is 2.26. The number of hydrogen-bond acceptors (Lipinski definition) is 3. The Morgan fingerprint density at radius 1 is 1.15 bits per heavy atom. The SMILES string of the molecule is N/N=C(\N)N1CCN(C2CC2)CC1. The van der Waals surface area contributed by atoms with Crippen LogP contribution in [0.3, 0.4) is 0 Å². The molecule has 13 heavy (non-hydrogen) atoms. The Bertz CT molecular complexity index is 203. The number of piperazine rings is 1. The summed E-state index contributed by atoms with van der Waals surface area (Å²) < 4.78 is 0. The molecule has 0 aromatic rings. The standard InChI is InChI=1S/C8H17N5/c9-8(11-10)13-5-3-12(4-6-13)7-1-2-7/h7H,1-6,10H2,(H2,9,11). The van der Waals surface area contributed by atoms with Crippen LogP contribution in [0.15, 0.2) is 5.10 Å². The summed E-state index contributed by atoms with van der Waals surface area (Å²) in [5.74, 6) is 5.59. The summed E-state index contributed by atoms with van der Waals surface area (Å²) in [5, 5.41) is 3.50. The second-order valence-electron chi connectivity index (χ2n) is 3.74. The molecule has 5 heteroatoms. The highest BCUT2D eigenvalue weighted by atomic mass is 15.4. The monoisotopic (exact) mass is 183 g/mol. The lowest BCUT2D eigenvalue weighted by Crippen LogP contribution is -2.51. The fraction of sp³-hybridized carbons (Fsp3) is 0.875. The smallest absolute Gasteiger partial charge is 0.213 e. The van der Waals surface area contributed by atoms with Crippen molar-refractivity contribution in [2.75, 3.05) is 26.2 Å². The maximum atomic E-state index is 5.62. The van der Waals surface area contributed by atoms with E-state index >= 15 is 0 Å². The van der Waals surface area contributed by atoms with Crippen LogP contribution >= 0.6 is 0 Å². The Balaban J connectivity index is 1.81. The topological polar surface area (TPSA) is 70.9 Å². The van der Waals surface area contributed by atoms with Gasteiger partial charge in [-0.2, -0.15) is 0 Å². The second-order valence-corrected chi connectivity index (χ2v) is 3.74. The number of rotatable bonds is 1.